The van der Waals surface area contributed by atoms with E-state index in [4.69, 9.17) is 19.1 Å². The van der Waals surface area contributed by atoms with Gasteiger partial charge in [0.15, 0.2) is 0 Å². The van der Waals surface area contributed by atoms with Gasteiger partial charge in [-0.3, -0.25) is 0 Å². The summed E-state index contributed by atoms with van der Waals surface area (Å²) in [7, 11) is 9.63. The molecule has 0 spiro atoms. The summed E-state index contributed by atoms with van der Waals surface area (Å²) in [5.41, 5.74) is 3.17. The second-order valence-corrected chi connectivity index (χ2v) is 8.42. The van der Waals surface area contributed by atoms with E-state index in [1.54, 1.807) is 0 Å². The van der Waals surface area contributed by atoms with Gasteiger partial charge in [-0.15, -0.1) is 0 Å². The third-order valence-electron chi connectivity index (χ3n) is 2.52. The fraction of sp³-hybridized carbons (Fsp3) is 0.571. The zero-order chi connectivity index (χ0) is 13.7. The Kier molecular flexibility index (Phi) is 7.34. The average molecular weight is 367 g/mol. The van der Waals surface area contributed by atoms with Crippen LogP contribution in [0.3, 0.4) is 0 Å². The molecule has 3 heteroatoms. The SMILES string of the molecule is CC(C)(C)c1c[c-]cc(C(C)(C)C)c1.[Cl][Pd][Cl]. The molecular formula is C14H21Cl2Pd-. The van der Waals surface area contributed by atoms with Crippen molar-refractivity contribution < 1.29 is 15.9 Å². The molecule has 1 aromatic carbocycles. The van der Waals surface area contributed by atoms with Crippen molar-refractivity contribution in [2.45, 2.75) is 52.4 Å². The minimum atomic E-state index is -0.106. The van der Waals surface area contributed by atoms with Crippen LogP contribution < -0.4 is 0 Å². The minimum absolute atomic E-state index is 0.106. The summed E-state index contributed by atoms with van der Waals surface area (Å²) >= 11 is -0.106. The van der Waals surface area contributed by atoms with E-state index in [0.717, 1.165) is 0 Å². The maximum absolute atomic E-state index is 4.81. The molecule has 0 N–H and O–H groups in total. The summed E-state index contributed by atoms with van der Waals surface area (Å²) in [4.78, 5) is 0. The van der Waals surface area contributed by atoms with Crippen molar-refractivity contribution in [3.63, 3.8) is 0 Å². The van der Waals surface area contributed by atoms with Crippen molar-refractivity contribution in [3.05, 3.63) is 35.4 Å². The van der Waals surface area contributed by atoms with Crippen LogP contribution in [0.25, 0.3) is 0 Å². The number of hydrogen-bond acceptors (Lipinski definition) is 0. The number of hydrogen-bond donors (Lipinski definition) is 0. The van der Waals surface area contributed by atoms with E-state index in [-0.39, 0.29) is 26.8 Å². The van der Waals surface area contributed by atoms with Crippen LogP contribution in [-0.4, -0.2) is 0 Å². The fourth-order valence-corrected chi connectivity index (χ4v) is 1.34. The first kappa shape index (κ1) is 17.5. The third kappa shape index (κ3) is 6.82. The van der Waals surface area contributed by atoms with Gasteiger partial charge in [0, 0.05) is 0 Å². The van der Waals surface area contributed by atoms with E-state index < -0.39 is 0 Å². The van der Waals surface area contributed by atoms with Gasteiger partial charge in [-0.1, -0.05) is 52.4 Å². The number of rotatable bonds is 0. The van der Waals surface area contributed by atoms with Crippen LogP contribution in [0, 0.1) is 6.07 Å². The van der Waals surface area contributed by atoms with Crippen molar-refractivity contribution in [2.75, 3.05) is 0 Å². The maximum atomic E-state index is 4.81. The van der Waals surface area contributed by atoms with E-state index >= 15 is 0 Å². The normalized spacial score (nSPS) is 12.0. The average Bonchev–Trinajstić information content (AvgIpc) is 2.16. The molecule has 1 aromatic rings. The molecule has 0 aliphatic carbocycles. The summed E-state index contributed by atoms with van der Waals surface area (Å²) in [6, 6.07) is 9.73. The molecule has 0 heterocycles. The predicted molar refractivity (Wildman–Crippen MR) is 74.4 cm³/mol. The Morgan fingerprint density at radius 2 is 1.18 bits per heavy atom. The molecule has 0 aliphatic rings. The van der Waals surface area contributed by atoms with Crippen LogP contribution in [-0.2, 0) is 26.8 Å². The molecule has 0 amide bonds. The fourth-order valence-electron chi connectivity index (χ4n) is 1.34. The summed E-state index contributed by atoms with van der Waals surface area (Å²) in [5, 5.41) is 0. The van der Waals surface area contributed by atoms with Gasteiger partial charge in [-0.2, -0.15) is 35.4 Å². The molecule has 0 aliphatic heterocycles. The van der Waals surface area contributed by atoms with Crippen LogP contribution in [0.1, 0.15) is 52.7 Å². The van der Waals surface area contributed by atoms with Gasteiger partial charge in [0.2, 0.25) is 0 Å². The second kappa shape index (κ2) is 7.15. The summed E-state index contributed by atoms with van der Waals surface area (Å²) in [6.45, 7) is 13.4. The van der Waals surface area contributed by atoms with Gasteiger partial charge in [0.25, 0.3) is 0 Å². The molecule has 0 saturated carbocycles. The van der Waals surface area contributed by atoms with E-state index in [0.29, 0.717) is 0 Å². The predicted octanol–water partition coefficient (Wildman–Crippen LogP) is 5.46. The molecule has 0 fully saturated rings. The van der Waals surface area contributed by atoms with Crippen molar-refractivity contribution in [1.82, 2.24) is 0 Å². The zero-order valence-electron chi connectivity index (χ0n) is 11.3. The van der Waals surface area contributed by atoms with Crippen LogP contribution in [0.4, 0.5) is 0 Å². The summed E-state index contributed by atoms with van der Waals surface area (Å²) in [6.07, 6.45) is 0. The first-order valence-corrected chi connectivity index (χ1v) is 9.47. The first-order chi connectivity index (χ1) is 7.62. The number of halogens is 2. The van der Waals surface area contributed by atoms with Crippen molar-refractivity contribution in [3.8, 4) is 0 Å². The Hall–Kier alpha value is 0.462. The van der Waals surface area contributed by atoms with Crippen LogP contribution in [0.15, 0.2) is 18.2 Å². The molecule has 0 unspecified atom stereocenters. The number of benzene rings is 1. The van der Waals surface area contributed by atoms with Gasteiger partial charge in [0.1, 0.15) is 0 Å². The van der Waals surface area contributed by atoms with Crippen LogP contribution >= 0.6 is 19.1 Å². The molecular weight excluding hydrogens is 345 g/mol. The molecule has 1 rings (SSSR count). The Bertz CT molecular complexity index is 306. The van der Waals surface area contributed by atoms with E-state index in [1.165, 1.54) is 11.1 Å². The van der Waals surface area contributed by atoms with E-state index in [1.807, 2.05) is 0 Å². The first-order valence-electron chi connectivity index (χ1n) is 5.47. The molecule has 0 aromatic heterocycles. The molecule has 0 saturated heterocycles. The molecule has 17 heavy (non-hydrogen) atoms. The molecule has 0 bridgehead atoms. The summed E-state index contributed by atoms with van der Waals surface area (Å²) in [5.74, 6) is 0. The Labute approximate surface area is 122 Å². The van der Waals surface area contributed by atoms with Crippen molar-refractivity contribution in [2.24, 2.45) is 0 Å². The quantitative estimate of drug-likeness (QED) is 0.422. The van der Waals surface area contributed by atoms with E-state index in [2.05, 4.69) is 65.8 Å². The van der Waals surface area contributed by atoms with Crippen molar-refractivity contribution in [1.29, 1.82) is 0 Å². The Morgan fingerprint density at radius 3 is 1.41 bits per heavy atom. The molecule has 0 radical (unpaired) electrons. The van der Waals surface area contributed by atoms with Gasteiger partial charge < -0.3 is 0 Å². The van der Waals surface area contributed by atoms with Gasteiger partial charge >= 0.3 is 35.0 Å². The van der Waals surface area contributed by atoms with E-state index in [9.17, 15) is 0 Å². The third-order valence-corrected chi connectivity index (χ3v) is 2.52. The monoisotopic (exact) mass is 365 g/mol. The van der Waals surface area contributed by atoms with Gasteiger partial charge in [0.05, 0.1) is 0 Å². The Balaban J connectivity index is 0.000000770. The molecule has 0 atom stereocenters. The van der Waals surface area contributed by atoms with Crippen molar-refractivity contribution >= 4 is 19.1 Å². The van der Waals surface area contributed by atoms with Gasteiger partial charge in [-0.05, 0) is 0 Å². The molecule has 102 valence electrons. The van der Waals surface area contributed by atoms with Gasteiger partial charge in [-0.25, -0.2) is 0 Å². The zero-order valence-corrected chi connectivity index (χ0v) is 14.4. The topological polar surface area (TPSA) is 0 Å². The summed E-state index contributed by atoms with van der Waals surface area (Å²) < 4.78 is 0. The van der Waals surface area contributed by atoms with Crippen LogP contribution in [0.5, 0.6) is 0 Å². The van der Waals surface area contributed by atoms with Crippen LogP contribution in [0.2, 0.25) is 0 Å². The second-order valence-electron chi connectivity index (χ2n) is 6.06. The molecule has 0 nitrogen and oxygen atoms in total. The Morgan fingerprint density at radius 1 is 0.882 bits per heavy atom. The standard InChI is InChI=1S/C14H21.2ClH.Pd/c1-13(2,3)11-8-7-9-12(10-11)14(4,5)6;;;/h8-10H,1-6H3;2*1H;/q-1;;;+2/p-2.